The third-order valence-corrected chi connectivity index (χ3v) is 3.71. The van der Waals surface area contributed by atoms with Crippen LogP contribution in [0, 0.1) is 0 Å². The highest BCUT2D eigenvalue weighted by Crippen LogP contribution is 2.12. The summed E-state index contributed by atoms with van der Waals surface area (Å²) >= 11 is 0. The van der Waals surface area contributed by atoms with Crippen molar-refractivity contribution >= 4 is 11.6 Å². The maximum atomic E-state index is 12.2. The first-order valence-electron chi connectivity index (χ1n) is 7.80. The number of nitrogens with one attached hydrogen (secondary N) is 2. The summed E-state index contributed by atoms with van der Waals surface area (Å²) < 4.78 is 5.50. The van der Waals surface area contributed by atoms with Gasteiger partial charge in [0.1, 0.15) is 0 Å². The number of hydrogen-bond donors (Lipinski definition) is 2. The summed E-state index contributed by atoms with van der Waals surface area (Å²) in [6, 6.07) is 7.56. The van der Waals surface area contributed by atoms with E-state index in [4.69, 9.17) is 4.74 Å². The van der Waals surface area contributed by atoms with Gasteiger partial charge in [0.25, 0.3) is 5.91 Å². The number of hydrogen-bond acceptors (Lipinski definition) is 5. The van der Waals surface area contributed by atoms with Crippen LogP contribution in [-0.4, -0.2) is 35.1 Å². The fourth-order valence-electron chi connectivity index (χ4n) is 2.47. The van der Waals surface area contributed by atoms with Gasteiger partial charge in [0.15, 0.2) is 0 Å². The summed E-state index contributed by atoms with van der Waals surface area (Å²) in [6.45, 7) is 1.92. The zero-order chi connectivity index (χ0) is 15.9. The number of carbonyl (C=O) groups is 1. The van der Waals surface area contributed by atoms with Gasteiger partial charge < -0.3 is 15.4 Å². The van der Waals surface area contributed by atoms with Crippen LogP contribution in [0.3, 0.4) is 0 Å². The first-order chi connectivity index (χ1) is 11.3. The molecule has 1 fully saturated rings. The Morgan fingerprint density at radius 3 is 3.09 bits per heavy atom. The van der Waals surface area contributed by atoms with E-state index in [9.17, 15) is 4.79 Å². The quantitative estimate of drug-likeness (QED) is 0.853. The second-order valence-electron chi connectivity index (χ2n) is 5.48. The average molecular weight is 312 g/mol. The van der Waals surface area contributed by atoms with Crippen LogP contribution >= 0.6 is 0 Å². The van der Waals surface area contributed by atoms with Crippen molar-refractivity contribution in [2.24, 2.45) is 0 Å². The molecule has 1 atom stereocenters. The van der Waals surface area contributed by atoms with Crippen molar-refractivity contribution in [3.8, 4) is 0 Å². The highest BCUT2D eigenvalue weighted by Gasteiger charge is 2.16. The normalized spacial score (nSPS) is 17.0. The van der Waals surface area contributed by atoms with Crippen LogP contribution in [-0.2, 0) is 11.3 Å². The van der Waals surface area contributed by atoms with Gasteiger partial charge in [-0.1, -0.05) is 6.07 Å². The van der Waals surface area contributed by atoms with E-state index in [0.717, 1.165) is 30.8 Å². The smallest absolute Gasteiger partial charge is 0.253 e. The first-order valence-corrected chi connectivity index (χ1v) is 7.80. The van der Waals surface area contributed by atoms with E-state index in [2.05, 4.69) is 20.6 Å². The van der Waals surface area contributed by atoms with Gasteiger partial charge in [-0.2, -0.15) is 0 Å². The number of anilines is 1. The van der Waals surface area contributed by atoms with E-state index in [0.29, 0.717) is 18.7 Å². The van der Waals surface area contributed by atoms with Crippen molar-refractivity contribution in [3.63, 3.8) is 0 Å². The Labute approximate surface area is 135 Å². The van der Waals surface area contributed by atoms with E-state index < -0.39 is 0 Å². The van der Waals surface area contributed by atoms with Crippen molar-refractivity contribution in [2.75, 3.05) is 18.5 Å². The van der Waals surface area contributed by atoms with Gasteiger partial charge in [0, 0.05) is 31.7 Å². The van der Waals surface area contributed by atoms with E-state index in [1.807, 2.05) is 18.2 Å². The van der Waals surface area contributed by atoms with Gasteiger partial charge in [-0.25, -0.2) is 0 Å². The van der Waals surface area contributed by atoms with Gasteiger partial charge in [-0.05, 0) is 31.0 Å². The summed E-state index contributed by atoms with van der Waals surface area (Å²) in [4.78, 5) is 20.6. The van der Waals surface area contributed by atoms with E-state index in [1.54, 1.807) is 24.7 Å². The number of nitrogens with zero attached hydrogens (tertiary/aromatic N) is 2. The molecule has 1 aliphatic rings. The van der Waals surface area contributed by atoms with Crippen LogP contribution in [0.1, 0.15) is 28.9 Å². The highest BCUT2D eigenvalue weighted by molar-refractivity contribution is 5.94. The van der Waals surface area contributed by atoms with Crippen molar-refractivity contribution < 1.29 is 9.53 Å². The molecular weight excluding hydrogens is 292 g/mol. The Kier molecular flexibility index (Phi) is 5.16. The number of carbonyl (C=O) groups excluding carboxylic acids is 1. The molecule has 3 rings (SSSR count). The highest BCUT2D eigenvalue weighted by atomic mass is 16.5. The summed E-state index contributed by atoms with van der Waals surface area (Å²) in [5.41, 5.74) is 2.26. The lowest BCUT2D eigenvalue weighted by Gasteiger charge is -2.11. The molecule has 2 N–H and O–H groups in total. The lowest BCUT2D eigenvalue weighted by molar-refractivity contribution is 0.0857. The molecule has 1 saturated heterocycles. The zero-order valence-corrected chi connectivity index (χ0v) is 12.9. The fraction of sp³-hybridized carbons (Fsp3) is 0.353. The summed E-state index contributed by atoms with van der Waals surface area (Å²) in [7, 11) is 0. The molecule has 1 amide bonds. The van der Waals surface area contributed by atoms with Gasteiger partial charge in [-0.15, -0.1) is 0 Å². The molecule has 23 heavy (non-hydrogen) atoms. The monoisotopic (exact) mass is 312 g/mol. The fourth-order valence-corrected chi connectivity index (χ4v) is 2.47. The molecule has 0 radical (unpaired) electrons. The molecule has 6 nitrogen and oxygen atoms in total. The van der Waals surface area contributed by atoms with Crippen molar-refractivity contribution in [1.29, 1.82) is 0 Å². The minimum atomic E-state index is -0.130. The van der Waals surface area contributed by atoms with Crippen LogP contribution in [0.15, 0.2) is 42.9 Å². The number of rotatable bonds is 6. The molecule has 0 bridgehead atoms. The molecule has 0 spiro atoms. The molecule has 0 aliphatic carbocycles. The van der Waals surface area contributed by atoms with Gasteiger partial charge >= 0.3 is 0 Å². The molecule has 0 saturated carbocycles. The molecule has 3 heterocycles. The lowest BCUT2D eigenvalue weighted by atomic mass is 10.2. The van der Waals surface area contributed by atoms with Crippen molar-refractivity contribution in [3.05, 3.63) is 54.1 Å². The number of amides is 1. The van der Waals surface area contributed by atoms with Gasteiger partial charge in [0.2, 0.25) is 0 Å². The number of pyridine rings is 2. The predicted octanol–water partition coefficient (Wildman–Crippen LogP) is 2.00. The largest absolute Gasteiger partial charge is 0.378 e. The topological polar surface area (TPSA) is 76.1 Å². The number of aromatic nitrogens is 2. The maximum Gasteiger partial charge on any atom is 0.253 e. The summed E-state index contributed by atoms with van der Waals surface area (Å²) in [6.07, 6.45) is 7.22. The SMILES string of the molecule is O=C(NCC1CCCO1)c1cncc(NCc2ccccn2)c1. The molecule has 120 valence electrons. The minimum Gasteiger partial charge on any atom is -0.378 e. The van der Waals surface area contributed by atoms with Crippen LogP contribution in [0.25, 0.3) is 0 Å². The molecule has 1 aliphatic heterocycles. The average Bonchev–Trinajstić information content (AvgIpc) is 3.12. The van der Waals surface area contributed by atoms with Crippen LogP contribution in [0.5, 0.6) is 0 Å². The van der Waals surface area contributed by atoms with Crippen molar-refractivity contribution in [1.82, 2.24) is 15.3 Å². The van der Waals surface area contributed by atoms with Gasteiger partial charge in [0.05, 0.1) is 29.6 Å². The minimum absolute atomic E-state index is 0.130. The van der Waals surface area contributed by atoms with Crippen LogP contribution in [0.4, 0.5) is 5.69 Å². The Morgan fingerprint density at radius 1 is 1.35 bits per heavy atom. The van der Waals surface area contributed by atoms with Crippen LogP contribution < -0.4 is 10.6 Å². The first kappa shape index (κ1) is 15.4. The predicted molar refractivity (Wildman–Crippen MR) is 87.1 cm³/mol. The molecular formula is C17H20N4O2. The van der Waals surface area contributed by atoms with Crippen molar-refractivity contribution in [2.45, 2.75) is 25.5 Å². The molecule has 2 aromatic heterocycles. The number of ether oxygens (including phenoxy) is 1. The molecule has 1 unspecified atom stereocenters. The van der Waals surface area contributed by atoms with E-state index in [-0.39, 0.29) is 12.0 Å². The maximum absolute atomic E-state index is 12.2. The summed E-state index contributed by atoms with van der Waals surface area (Å²) in [5.74, 6) is -0.130. The lowest BCUT2D eigenvalue weighted by Crippen LogP contribution is -2.31. The third kappa shape index (κ3) is 4.50. The third-order valence-electron chi connectivity index (χ3n) is 3.71. The second kappa shape index (κ2) is 7.69. The molecule has 0 aromatic carbocycles. The Balaban J connectivity index is 1.54. The Morgan fingerprint density at radius 2 is 2.30 bits per heavy atom. The van der Waals surface area contributed by atoms with Crippen LogP contribution in [0.2, 0.25) is 0 Å². The molecule has 2 aromatic rings. The molecule has 6 heteroatoms. The van der Waals surface area contributed by atoms with E-state index in [1.165, 1.54) is 0 Å². The van der Waals surface area contributed by atoms with E-state index >= 15 is 0 Å². The standard InChI is InChI=1S/C17H20N4O2/c22-17(21-12-16-5-3-7-23-16)13-8-15(10-18-9-13)20-11-14-4-1-2-6-19-14/h1-2,4,6,8-10,16,20H,3,5,7,11-12H2,(H,21,22). The Hall–Kier alpha value is -2.47. The second-order valence-corrected chi connectivity index (χ2v) is 5.48. The van der Waals surface area contributed by atoms with Gasteiger partial charge in [-0.3, -0.25) is 14.8 Å². The Bertz CT molecular complexity index is 642. The zero-order valence-electron chi connectivity index (χ0n) is 12.9. The summed E-state index contributed by atoms with van der Waals surface area (Å²) in [5, 5.41) is 6.12.